The molecular weight excluding hydrogens is 122 g/mol. The third-order valence-corrected chi connectivity index (χ3v) is 3.97. The van der Waals surface area contributed by atoms with Crippen LogP contribution in [0.3, 0.4) is 0 Å². The maximum Gasteiger partial charge on any atom is 0.0157 e. The normalized spacial score (nSPS) is 56.6. The second-order valence-corrected chi connectivity index (χ2v) is 4.16. The average molecular weight is 135 g/mol. The largest absolute Gasteiger partial charge is 0.309 e. The van der Waals surface area contributed by atoms with Gasteiger partial charge in [0, 0.05) is 17.5 Å². The van der Waals surface area contributed by atoms with Crippen LogP contribution < -0.4 is 0 Å². The van der Waals surface area contributed by atoms with E-state index >= 15 is 0 Å². The molecule has 3 aliphatic carbocycles. The van der Waals surface area contributed by atoms with Crippen LogP contribution in [0.1, 0.15) is 25.7 Å². The Labute approximate surface area is 61.3 Å². The zero-order valence-electron chi connectivity index (χ0n) is 6.14. The van der Waals surface area contributed by atoms with Crippen molar-refractivity contribution >= 4 is 5.71 Å². The topological polar surface area (TPSA) is 23.9 Å². The van der Waals surface area contributed by atoms with Gasteiger partial charge in [-0.3, -0.25) is 0 Å². The molecule has 0 aliphatic heterocycles. The molecule has 10 heavy (non-hydrogen) atoms. The summed E-state index contributed by atoms with van der Waals surface area (Å²) in [5, 5.41) is 7.74. The molecule has 3 fully saturated rings. The molecule has 0 saturated heterocycles. The predicted molar refractivity (Wildman–Crippen MR) is 40.2 cm³/mol. The van der Waals surface area contributed by atoms with Gasteiger partial charge in [0.05, 0.1) is 0 Å². The highest BCUT2D eigenvalue weighted by molar-refractivity contribution is 5.93. The summed E-state index contributed by atoms with van der Waals surface area (Å²) in [4.78, 5) is 0. The molecule has 1 heteroatoms. The van der Waals surface area contributed by atoms with Gasteiger partial charge >= 0.3 is 0 Å². The highest BCUT2D eigenvalue weighted by Gasteiger charge is 2.56. The lowest BCUT2D eigenvalue weighted by atomic mass is 9.66. The van der Waals surface area contributed by atoms with Gasteiger partial charge in [-0.05, 0) is 37.5 Å². The molecule has 0 aromatic rings. The lowest BCUT2D eigenvalue weighted by Crippen LogP contribution is -2.42. The highest BCUT2D eigenvalue weighted by atomic mass is 14.7. The van der Waals surface area contributed by atoms with Gasteiger partial charge in [-0.2, -0.15) is 0 Å². The molecule has 1 N–H and O–H groups in total. The Kier molecular flexibility index (Phi) is 0.781. The molecule has 4 atom stereocenters. The van der Waals surface area contributed by atoms with E-state index in [0.717, 1.165) is 29.4 Å². The van der Waals surface area contributed by atoms with Gasteiger partial charge in [0.25, 0.3) is 0 Å². The standard InChI is InChI=1S/C9H13N/c10-9-6-3-1-5-2-4-7(9)8(5)6/h5-8,10H,1-4H2/t5?,6-,7+,8?. The van der Waals surface area contributed by atoms with Gasteiger partial charge in [-0.25, -0.2) is 0 Å². The van der Waals surface area contributed by atoms with Crippen molar-refractivity contribution in [3.63, 3.8) is 0 Å². The molecule has 54 valence electrons. The van der Waals surface area contributed by atoms with Crippen LogP contribution in [0.15, 0.2) is 0 Å². The van der Waals surface area contributed by atoms with Crippen molar-refractivity contribution in [3.05, 3.63) is 0 Å². The van der Waals surface area contributed by atoms with Crippen molar-refractivity contribution in [2.75, 3.05) is 0 Å². The fraction of sp³-hybridized carbons (Fsp3) is 0.889. The summed E-state index contributed by atoms with van der Waals surface area (Å²) in [5.41, 5.74) is 1.12. The molecule has 0 aromatic carbocycles. The van der Waals surface area contributed by atoms with Crippen LogP contribution in [-0.4, -0.2) is 5.71 Å². The molecule has 0 aromatic heterocycles. The van der Waals surface area contributed by atoms with E-state index in [2.05, 4.69) is 0 Å². The Morgan fingerprint density at radius 1 is 1.00 bits per heavy atom. The molecular formula is C9H13N. The van der Waals surface area contributed by atoms with E-state index in [-0.39, 0.29) is 0 Å². The molecule has 3 rings (SSSR count). The Hall–Kier alpha value is -0.330. The third kappa shape index (κ3) is 0.388. The lowest BCUT2D eigenvalue weighted by molar-refractivity contribution is 0.300. The molecule has 3 aliphatic rings. The van der Waals surface area contributed by atoms with Gasteiger partial charge in [-0.1, -0.05) is 0 Å². The van der Waals surface area contributed by atoms with Gasteiger partial charge in [0.2, 0.25) is 0 Å². The first kappa shape index (κ1) is 5.34. The van der Waals surface area contributed by atoms with E-state index in [0.29, 0.717) is 0 Å². The summed E-state index contributed by atoms with van der Waals surface area (Å²) in [6.45, 7) is 0. The van der Waals surface area contributed by atoms with Crippen molar-refractivity contribution in [1.29, 1.82) is 5.41 Å². The summed E-state index contributed by atoms with van der Waals surface area (Å²) < 4.78 is 0. The second kappa shape index (κ2) is 1.46. The van der Waals surface area contributed by atoms with Crippen LogP contribution in [0.25, 0.3) is 0 Å². The summed E-state index contributed by atoms with van der Waals surface area (Å²) in [5.74, 6) is 3.56. The Bertz CT molecular complexity index is 179. The number of hydrogen-bond acceptors (Lipinski definition) is 1. The SMILES string of the molecule is N=C1[C@H]2CCC3CC[C@@H]1C32. The van der Waals surface area contributed by atoms with Crippen LogP contribution in [0.2, 0.25) is 0 Å². The van der Waals surface area contributed by atoms with Crippen LogP contribution in [-0.2, 0) is 0 Å². The van der Waals surface area contributed by atoms with Gasteiger partial charge in [0.15, 0.2) is 0 Å². The van der Waals surface area contributed by atoms with Crippen molar-refractivity contribution in [1.82, 2.24) is 0 Å². The summed E-state index contributed by atoms with van der Waals surface area (Å²) in [7, 11) is 0. The van der Waals surface area contributed by atoms with E-state index in [4.69, 9.17) is 5.41 Å². The second-order valence-electron chi connectivity index (χ2n) is 4.16. The highest BCUT2D eigenvalue weighted by Crippen LogP contribution is 2.59. The van der Waals surface area contributed by atoms with Gasteiger partial charge < -0.3 is 5.41 Å². The first-order valence-electron chi connectivity index (χ1n) is 4.46. The zero-order valence-corrected chi connectivity index (χ0v) is 6.14. The van der Waals surface area contributed by atoms with E-state index in [1.807, 2.05) is 0 Å². The monoisotopic (exact) mass is 135 g/mol. The molecule has 3 saturated carbocycles. The minimum Gasteiger partial charge on any atom is -0.309 e. The third-order valence-electron chi connectivity index (χ3n) is 3.97. The minimum atomic E-state index is 0.762. The molecule has 0 spiro atoms. The van der Waals surface area contributed by atoms with Crippen LogP contribution in [0, 0.1) is 29.1 Å². The fourth-order valence-corrected chi connectivity index (χ4v) is 3.52. The fourth-order valence-electron chi connectivity index (χ4n) is 3.52. The lowest BCUT2D eigenvalue weighted by Gasteiger charge is -2.38. The number of nitrogens with one attached hydrogen (secondary N) is 1. The number of rotatable bonds is 0. The molecule has 1 nitrogen and oxygen atoms in total. The summed E-state index contributed by atoms with van der Waals surface area (Å²) >= 11 is 0. The van der Waals surface area contributed by atoms with Crippen molar-refractivity contribution in [2.24, 2.45) is 23.7 Å². The predicted octanol–water partition coefficient (Wildman–Crippen LogP) is 2.07. The first-order valence-corrected chi connectivity index (χ1v) is 4.46. The minimum absolute atomic E-state index is 0.762. The Morgan fingerprint density at radius 3 is 2.20 bits per heavy atom. The van der Waals surface area contributed by atoms with Gasteiger partial charge in [0.1, 0.15) is 0 Å². The Balaban J connectivity index is 2.00. The van der Waals surface area contributed by atoms with E-state index in [1.54, 1.807) is 0 Å². The molecule has 0 heterocycles. The Morgan fingerprint density at radius 2 is 1.60 bits per heavy atom. The zero-order chi connectivity index (χ0) is 6.72. The average Bonchev–Trinajstić information content (AvgIpc) is 2.37. The van der Waals surface area contributed by atoms with Crippen molar-refractivity contribution in [3.8, 4) is 0 Å². The summed E-state index contributed by atoms with van der Waals surface area (Å²) in [6.07, 6.45) is 5.58. The quantitative estimate of drug-likeness (QED) is 0.526. The van der Waals surface area contributed by atoms with Crippen molar-refractivity contribution in [2.45, 2.75) is 25.7 Å². The number of hydrogen-bond donors (Lipinski definition) is 1. The smallest absolute Gasteiger partial charge is 0.0157 e. The molecule has 0 amide bonds. The maximum absolute atomic E-state index is 7.74. The van der Waals surface area contributed by atoms with Crippen LogP contribution >= 0.6 is 0 Å². The van der Waals surface area contributed by atoms with Crippen LogP contribution in [0.5, 0.6) is 0 Å². The van der Waals surface area contributed by atoms with Crippen LogP contribution in [0.4, 0.5) is 0 Å². The molecule has 2 unspecified atom stereocenters. The van der Waals surface area contributed by atoms with Crippen molar-refractivity contribution < 1.29 is 0 Å². The molecule has 0 radical (unpaired) electrons. The maximum atomic E-state index is 7.74. The summed E-state index contributed by atoms with van der Waals surface area (Å²) in [6, 6.07) is 0. The first-order chi connectivity index (χ1) is 4.88. The van der Waals surface area contributed by atoms with E-state index in [9.17, 15) is 0 Å². The van der Waals surface area contributed by atoms with E-state index in [1.165, 1.54) is 25.7 Å². The van der Waals surface area contributed by atoms with Gasteiger partial charge in [-0.15, -0.1) is 0 Å². The van der Waals surface area contributed by atoms with E-state index < -0.39 is 0 Å². The molecule has 0 bridgehead atoms.